The largest absolute Gasteiger partial charge is 0.493 e. The average Bonchev–Trinajstić information content (AvgIpc) is 2.49. The molecule has 112 valence electrons. The Hall–Kier alpha value is -0.780. The fraction of sp³-hybridized carbons (Fsp3) is 0.600. The molecule has 0 radical (unpaired) electrons. The summed E-state index contributed by atoms with van der Waals surface area (Å²) in [4.78, 5) is 2.41. The summed E-state index contributed by atoms with van der Waals surface area (Å²) in [5.74, 6) is 1.58. The van der Waals surface area contributed by atoms with Gasteiger partial charge in [0.2, 0.25) is 0 Å². The molecule has 2 atom stereocenters. The lowest BCUT2D eigenvalue weighted by molar-refractivity contribution is -0.0496. The van der Waals surface area contributed by atoms with Crippen molar-refractivity contribution in [3.63, 3.8) is 0 Å². The van der Waals surface area contributed by atoms with E-state index in [-0.39, 0.29) is 6.10 Å². The lowest BCUT2D eigenvalue weighted by Crippen LogP contribution is -2.50. The molecule has 1 fully saturated rings. The Morgan fingerprint density at radius 2 is 2.10 bits per heavy atom. The van der Waals surface area contributed by atoms with Crippen LogP contribution < -0.4 is 9.47 Å². The van der Waals surface area contributed by atoms with Gasteiger partial charge in [-0.25, -0.2) is 0 Å². The molecular weight excluding hydrogens is 322 g/mol. The van der Waals surface area contributed by atoms with Gasteiger partial charge in [-0.05, 0) is 19.1 Å². The standard InChI is InChI=1S/C15H22BrNO3/c1-12-11-20-13(9-16)10-17(12)7-8-19-15-6-4-3-5-14(15)18-2/h3-6,12-13H,7-11H2,1-2H3. The van der Waals surface area contributed by atoms with Crippen LogP contribution in [-0.4, -0.2) is 55.8 Å². The van der Waals surface area contributed by atoms with Crippen LogP contribution in [0.2, 0.25) is 0 Å². The molecule has 20 heavy (non-hydrogen) atoms. The predicted octanol–water partition coefficient (Wildman–Crippen LogP) is 2.56. The Kier molecular flexibility index (Phi) is 6.13. The van der Waals surface area contributed by atoms with Crippen LogP contribution in [0.4, 0.5) is 0 Å². The summed E-state index contributed by atoms with van der Waals surface area (Å²) < 4.78 is 16.8. The highest BCUT2D eigenvalue weighted by Gasteiger charge is 2.25. The molecule has 0 aromatic heterocycles. The average molecular weight is 344 g/mol. The second-order valence-electron chi connectivity index (χ2n) is 4.95. The lowest BCUT2D eigenvalue weighted by Gasteiger charge is -2.37. The highest BCUT2D eigenvalue weighted by molar-refractivity contribution is 9.09. The number of hydrogen-bond donors (Lipinski definition) is 0. The van der Waals surface area contributed by atoms with Crippen molar-refractivity contribution >= 4 is 15.9 Å². The van der Waals surface area contributed by atoms with Gasteiger partial charge in [0.15, 0.2) is 11.5 Å². The fourth-order valence-electron chi connectivity index (χ4n) is 2.29. The van der Waals surface area contributed by atoms with Crippen molar-refractivity contribution < 1.29 is 14.2 Å². The second-order valence-corrected chi connectivity index (χ2v) is 5.60. The zero-order valence-corrected chi connectivity index (χ0v) is 13.6. The molecule has 1 aliphatic rings. The summed E-state index contributed by atoms with van der Waals surface area (Å²) in [6, 6.07) is 8.18. The molecule has 0 aliphatic carbocycles. The third-order valence-electron chi connectivity index (χ3n) is 3.51. The number of benzene rings is 1. The van der Waals surface area contributed by atoms with Gasteiger partial charge in [-0.3, -0.25) is 4.90 Å². The van der Waals surface area contributed by atoms with Crippen LogP contribution >= 0.6 is 15.9 Å². The molecule has 5 heteroatoms. The molecule has 1 aliphatic heterocycles. The molecule has 2 unspecified atom stereocenters. The molecule has 0 spiro atoms. The molecule has 4 nitrogen and oxygen atoms in total. The molecule has 0 bridgehead atoms. The van der Waals surface area contributed by atoms with E-state index in [0.717, 1.165) is 36.5 Å². The highest BCUT2D eigenvalue weighted by atomic mass is 79.9. The maximum absolute atomic E-state index is 5.83. The van der Waals surface area contributed by atoms with Crippen LogP contribution in [0.15, 0.2) is 24.3 Å². The maximum Gasteiger partial charge on any atom is 0.161 e. The van der Waals surface area contributed by atoms with Gasteiger partial charge in [0.05, 0.1) is 19.8 Å². The summed E-state index contributed by atoms with van der Waals surface area (Å²) >= 11 is 3.48. The monoisotopic (exact) mass is 343 g/mol. The van der Waals surface area contributed by atoms with Gasteiger partial charge in [-0.15, -0.1) is 0 Å². The summed E-state index contributed by atoms with van der Waals surface area (Å²) in [6.07, 6.45) is 0.275. The zero-order valence-electron chi connectivity index (χ0n) is 12.0. The van der Waals surface area contributed by atoms with Gasteiger partial charge < -0.3 is 14.2 Å². The molecule has 0 amide bonds. The van der Waals surface area contributed by atoms with Crippen LogP contribution in [0, 0.1) is 0 Å². The van der Waals surface area contributed by atoms with E-state index in [9.17, 15) is 0 Å². The Bertz CT molecular complexity index is 416. The third-order valence-corrected chi connectivity index (χ3v) is 4.23. The van der Waals surface area contributed by atoms with E-state index in [4.69, 9.17) is 14.2 Å². The van der Waals surface area contributed by atoms with E-state index >= 15 is 0 Å². The van der Waals surface area contributed by atoms with Gasteiger partial charge in [0.25, 0.3) is 0 Å². The molecule has 0 saturated carbocycles. The quantitative estimate of drug-likeness (QED) is 0.743. The number of halogens is 1. The first-order chi connectivity index (χ1) is 9.74. The van der Waals surface area contributed by atoms with Crippen LogP contribution in [-0.2, 0) is 4.74 Å². The Balaban J connectivity index is 1.82. The number of rotatable bonds is 6. The van der Waals surface area contributed by atoms with E-state index in [1.807, 2.05) is 24.3 Å². The summed E-state index contributed by atoms with van der Waals surface area (Å²) in [5, 5.41) is 0.879. The van der Waals surface area contributed by atoms with Crippen molar-refractivity contribution in [2.45, 2.75) is 19.1 Å². The number of ether oxygens (including phenoxy) is 3. The van der Waals surface area contributed by atoms with Crippen LogP contribution in [0.3, 0.4) is 0 Å². The predicted molar refractivity (Wildman–Crippen MR) is 83.1 cm³/mol. The van der Waals surface area contributed by atoms with E-state index in [1.165, 1.54) is 0 Å². The molecule has 2 rings (SSSR count). The Morgan fingerprint density at radius 3 is 2.80 bits per heavy atom. The molecule has 1 saturated heterocycles. The van der Waals surface area contributed by atoms with E-state index in [1.54, 1.807) is 7.11 Å². The number of hydrogen-bond acceptors (Lipinski definition) is 4. The molecule has 1 heterocycles. The van der Waals surface area contributed by atoms with Crippen molar-refractivity contribution in [1.29, 1.82) is 0 Å². The minimum absolute atomic E-state index is 0.275. The van der Waals surface area contributed by atoms with E-state index in [2.05, 4.69) is 27.8 Å². The number of para-hydroxylation sites is 2. The third kappa shape index (κ3) is 4.11. The van der Waals surface area contributed by atoms with Gasteiger partial charge in [0, 0.05) is 24.5 Å². The van der Waals surface area contributed by atoms with Crippen molar-refractivity contribution in [2.75, 3.05) is 38.7 Å². The number of morpholine rings is 1. The van der Waals surface area contributed by atoms with Crippen LogP contribution in [0.1, 0.15) is 6.92 Å². The second kappa shape index (κ2) is 7.86. The van der Waals surface area contributed by atoms with Gasteiger partial charge in [-0.2, -0.15) is 0 Å². The van der Waals surface area contributed by atoms with E-state index < -0.39 is 0 Å². The molecule has 0 N–H and O–H groups in total. The topological polar surface area (TPSA) is 30.9 Å². The summed E-state index contributed by atoms with van der Waals surface area (Å²) in [6.45, 7) is 5.46. The minimum atomic E-state index is 0.275. The number of methoxy groups -OCH3 is 1. The lowest BCUT2D eigenvalue weighted by atomic mass is 10.2. The highest BCUT2D eigenvalue weighted by Crippen LogP contribution is 2.25. The first-order valence-electron chi connectivity index (χ1n) is 6.92. The first kappa shape index (κ1) is 15.6. The molecular formula is C15H22BrNO3. The fourth-order valence-corrected chi connectivity index (χ4v) is 2.68. The maximum atomic E-state index is 5.83. The molecule has 1 aromatic carbocycles. The number of alkyl halides is 1. The Morgan fingerprint density at radius 1 is 1.35 bits per heavy atom. The van der Waals surface area contributed by atoms with Crippen LogP contribution in [0.5, 0.6) is 11.5 Å². The minimum Gasteiger partial charge on any atom is -0.493 e. The smallest absolute Gasteiger partial charge is 0.161 e. The summed E-state index contributed by atoms with van der Waals surface area (Å²) in [7, 11) is 1.66. The van der Waals surface area contributed by atoms with Crippen molar-refractivity contribution in [3.8, 4) is 11.5 Å². The van der Waals surface area contributed by atoms with Crippen molar-refractivity contribution in [2.24, 2.45) is 0 Å². The van der Waals surface area contributed by atoms with Gasteiger partial charge >= 0.3 is 0 Å². The van der Waals surface area contributed by atoms with Crippen molar-refractivity contribution in [1.82, 2.24) is 4.90 Å². The number of nitrogens with zero attached hydrogens (tertiary/aromatic N) is 1. The van der Waals surface area contributed by atoms with Crippen molar-refractivity contribution in [3.05, 3.63) is 24.3 Å². The van der Waals surface area contributed by atoms with Crippen LogP contribution in [0.25, 0.3) is 0 Å². The van der Waals surface area contributed by atoms with Gasteiger partial charge in [-0.1, -0.05) is 28.1 Å². The normalized spacial score (nSPS) is 23.6. The first-order valence-corrected chi connectivity index (χ1v) is 8.04. The summed E-state index contributed by atoms with van der Waals surface area (Å²) in [5.41, 5.74) is 0. The zero-order chi connectivity index (χ0) is 14.4. The van der Waals surface area contributed by atoms with Gasteiger partial charge in [0.1, 0.15) is 6.61 Å². The SMILES string of the molecule is COc1ccccc1OCCN1CC(CBr)OCC1C. The van der Waals surface area contributed by atoms with E-state index in [0.29, 0.717) is 12.6 Å². The Labute approximate surface area is 129 Å². The molecule has 1 aromatic rings.